The summed E-state index contributed by atoms with van der Waals surface area (Å²) in [6.07, 6.45) is 0.442. The van der Waals surface area contributed by atoms with Crippen molar-refractivity contribution in [2.24, 2.45) is 0 Å². The Morgan fingerprint density at radius 3 is 3.18 bits per heavy atom. The summed E-state index contributed by atoms with van der Waals surface area (Å²) in [7, 11) is 0. The first-order valence-corrected chi connectivity index (χ1v) is 4.76. The standard InChI is InChI=1S/C7H12O3S/c1-2-6(8)10-5-7-9-3-4-11-7/h7H,2-5H2,1H3. The van der Waals surface area contributed by atoms with Crippen molar-refractivity contribution in [1.82, 2.24) is 0 Å². The van der Waals surface area contributed by atoms with E-state index in [2.05, 4.69) is 0 Å². The minimum atomic E-state index is -0.152. The molecular formula is C7H12O3S. The van der Waals surface area contributed by atoms with Crippen LogP contribution in [0.4, 0.5) is 0 Å². The smallest absolute Gasteiger partial charge is 0.305 e. The van der Waals surface area contributed by atoms with E-state index in [9.17, 15) is 4.79 Å². The molecule has 0 spiro atoms. The van der Waals surface area contributed by atoms with Crippen LogP contribution in [0.25, 0.3) is 0 Å². The van der Waals surface area contributed by atoms with E-state index in [0.29, 0.717) is 13.0 Å². The highest BCUT2D eigenvalue weighted by atomic mass is 32.2. The molecule has 0 aromatic carbocycles. The third kappa shape index (κ3) is 3.12. The van der Waals surface area contributed by atoms with Gasteiger partial charge in [0, 0.05) is 12.2 Å². The monoisotopic (exact) mass is 176 g/mol. The third-order valence-corrected chi connectivity index (χ3v) is 2.41. The maximum Gasteiger partial charge on any atom is 0.305 e. The van der Waals surface area contributed by atoms with E-state index in [1.807, 2.05) is 0 Å². The molecule has 0 radical (unpaired) electrons. The van der Waals surface area contributed by atoms with Crippen LogP contribution in [0.15, 0.2) is 0 Å². The van der Waals surface area contributed by atoms with Crippen LogP contribution >= 0.6 is 11.8 Å². The van der Waals surface area contributed by atoms with Gasteiger partial charge in [-0.3, -0.25) is 4.79 Å². The Kier molecular flexibility index (Phi) is 3.72. The van der Waals surface area contributed by atoms with Crippen LogP contribution in [-0.4, -0.2) is 30.4 Å². The lowest BCUT2D eigenvalue weighted by atomic mass is 10.5. The van der Waals surface area contributed by atoms with Crippen LogP contribution in [0.2, 0.25) is 0 Å². The minimum Gasteiger partial charge on any atom is -0.462 e. The molecule has 1 fully saturated rings. The highest BCUT2D eigenvalue weighted by Gasteiger charge is 2.17. The van der Waals surface area contributed by atoms with Crippen LogP contribution in [-0.2, 0) is 14.3 Å². The molecule has 1 atom stereocenters. The molecule has 0 aromatic rings. The number of hydrogen-bond donors (Lipinski definition) is 0. The van der Waals surface area contributed by atoms with Crippen molar-refractivity contribution in [3.63, 3.8) is 0 Å². The SMILES string of the molecule is CCC(=O)OCC1OCCS1. The van der Waals surface area contributed by atoms with Gasteiger partial charge in [-0.2, -0.15) is 0 Å². The molecule has 0 amide bonds. The second-order valence-electron chi connectivity index (χ2n) is 2.21. The van der Waals surface area contributed by atoms with E-state index in [1.54, 1.807) is 18.7 Å². The van der Waals surface area contributed by atoms with Crippen LogP contribution in [0.1, 0.15) is 13.3 Å². The molecule has 4 heteroatoms. The van der Waals surface area contributed by atoms with Gasteiger partial charge in [0.15, 0.2) is 0 Å². The number of thioether (sulfide) groups is 1. The zero-order valence-corrected chi connectivity index (χ0v) is 7.36. The highest BCUT2D eigenvalue weighted by molar-refractivity contribution is 8.00. The first kappa shape index (κ1) is 8.87. The van der Waals surface area contributed by atoms with E-state index in [4.69, 9.17) is 9.47 Å². The van der Waals surface area contributed by atoms with Crippen LogP contribution in [0.3, 0.4) is 0 Å². The number of carbonyl (C=O) groups is 1. The minimum absolute atomic E-state index is 0.0745. The average Bonchev–Trinajstić information content (AvgIpc) is 2.52. The Balaban J connectivity index is 2.06. The van der Waals surface area contributed by atoms with Gasteiger partial charge in [-0.1, -0.05) is 6.92 Å². The summed E-state index contributed by atoms with van der Waals surface area (Å²) in [6, 6.07) is 0. The molecule has 0 aliphatic carbocycles. The van der Waals surface area contributed by atoms with Gasteiger partial charge in [-0.15, -0.1) is 11.8 Å². The summed E-state index contributed by atoms with van der Waals surface area (Å²) in [5.74, 6) is 0.857. The molecule has 64 valence electrons. The second kappa shape index (κ2) is 4.62. The summed E-state index contributed by atoms with van der Waals surface area (Å²) in [4.78, 5) is 10.7. The molecule has 1 rings (SSSR count). The highest BCUT2D eigenvalue weighted by Crippen LogP contribution is 2.19. The Labute approximate surface area is 70.4 Å². The molecule has 11 heavy (non-hydrogen) atoms. The van der Waals surface area contributed by atoms with E-state index in [0.717, 1.165) is 12.4 Å². The first-order valence-electron chi connectivity index (χ1n) is 3.71. The van der Waals surface area contributed by atoms with Crippen LogP contribution in [0, 0.1) is 0 Å². The van der Waals surface area contributed by atoms with Gasteiger partial charge in [0.1, 0.15) is 12.0 Å². The van der Waals surface area contributed by atoms with Gasteiger partial charge >= 0.3 is 5.97 Å². The third-order valence-electron chi connectivity index (χ3n) is 1.36. The molecule has 0 bridgehead atoms. The number of hydrogen-bond acceptors (Lipinski definition) is 4. The Morgan fingerprint density at radius 1 is 1.82 bits per heavy atom. The fourth-order valence-corrected chi connectivity index (χ4v) is 1.58. The molecule has 1 aliphatic rings. The molecule has 0 N–H and O–H groups in total. The van der Waals surface area contributed by atoms with E-state index in [-0.39, 0.29) is 11.4 Å². The van der Waals surface area contributed by atoms with Gasteiger partial charge in [-0.25, -0.2) is 0 Å². The van der Waals surface area contributed by atoms with Crippen molar-refractivity contribution in [2.75, 3.05) is 19.0 Å². The zero-order chi connectivity index (χ0) is 8.10. The molecular weight excluding hydrogens is 164 g/mol. The molecule has 1 unspecified atom stereocenters. The Hall–Kier alpha value is -0.220. The summed E-state index contributed by atoms with van der Waals surface area (Å²) in [5.41, 5.74) is 0.0745. The molecule has 0 aromatic heterocycles. The van der Waals surface area contributed by atoms with Crippen molar-refractivity contribution < 1.29 is 14.3 Å². The first-order chi connectivity index (χ1) is 5.33. The largest absolute Gasteiger partial charge is 0.462 e. The van der Waals surface area contributed by atoms with Gasteiger partial charge in [0.2, 0.25) is 0 Å². The fraction of sp³-hybridized carbons (Fsp3) is 0.857. The number of ether oxygens (including phenoxy) is 2. The topological polar surface area (TPSA) is 35.5 Å². The average molecular weight is 176 g/mol. The Bertz CT molecular complexity index is 132. The fourth-order valence-electron chi connectivity index (χ4n) is 0.767. The van der Waals surface area contributed by atoms with Crippen molar-refractivity contribution >= 4 is 17.7 Å². The predicted molar refractivity (Wildman–Crippen MR) is 43.4 cm³/mol. The maximum absolute atomic E-state index is 10.7. The van der Waals surface area contributed by atoms with Gasteiger partial charge in [-0.05, 0) is 0 Å². The summed E-state index contributed by atoms with van der Waals surface area (Å²) >= 11 is 1.70. The lowest BCUT2D eigenvalue weighted by Gasteiger charge is -2.07. The molecule has 3 nitrogen and oxygen atoms in total. The molecule has 1 saturated heterocycles. The number of carbonyl (C=O) groups excluding carboxylic acids is 1. The maximum atomic E-state index is 10.7. The molecule has 1 aliphatic heterocycles. The zero-order valence-electron chi connectivity index (χ0n) is 6.54. The van der Waals surface area contributed by atoms with Gasteiger partial charge in [0.25, 0.3) is 0 Å². The predicted octanol–water partition coefficient (Wildman–Crippen LogP) is 1.03. The van der Waals surface area contributed by atoms with Crippen molar-refractivity contribution in [3.8, 4) is 0 Å². The molecule has 0 saturated carbocycles. The van der Waals surface area contributed by atoms with E-state index >= 15 is 0 Å². The molecule has 1 heterocycles. The van der Waals surface area contributed by atoms with Gasteiger partial charge < -0.3 is 9.47 Å². The van der Waals surface area contributed by atoms with Gasteiger partial charge in [0.05, 0.1) is 6.61 Å². The summed E-state index contributed by atoms with van der Waals surface area (Å²) < 4.78 is 10.1. The van der Waals surface area contributed by atoms with Crippen molar-refractivity contribution in [3.05, 3.63) is 0 Å². The Morgan fingerprint density at radius 2 is 2.64 bits per heavy atom. The van der Waals surface area contributed by atoms with E-state index < -0.39 is 0 Å². The lowest BCUT2D eigenvalue weighted by molar-refractivity contribution is -0.145. The van der Waals surface area contributed by atoms with Crippen LogP contribution in [0.5, 0.6) is 0 Å². The number of esters is 1. The summed E-state index contributed by atoms with van der Waals surface area (Å²) in [5, 5.41) is 0. The van der Waals surface area contributed by atoms with E-state index in [1.165, 1.54) is 0 Å². The lowest BCUT2D eigenvalue weighted by Crippen LogP contribution is -2.14. The van der Waals surface area contributed by atoms with Crippen molar-refractivity contribution in [2.45, 2.75) is 18.8 Å². The van der Waals surface area contributed by atoms with Crippen molar-refractivity contribution in [1.29, 1.82) is 0 Å². The quantitative estimate of drug-likeness (QED) is 0.602. The van der Waals surface area contributed by atoms with Crippen LogP contribution < -0.4 is 0 Å². The summed E-state index contributed by atoms with van der Waals surface area (Å²) in [6.45, 7) is 2.96. The second-order valence-corrected chi connectivity index (χ2v) is 3.48. The number of rotatable bonds is 3. The normalized spacial score (nSPS) is 23.5.